The van der Waals surface area contributed by atoms with Crippen molar-refractivity contribution in [2.75, 3.05) is 0 Å². The van der Waals surface area contributed by atoms with Crippen molar-refractivity contribution >= 4 is 0 Å². The summed E-state index contributed by atoms with van der Waals surface area (Å²) in [5, 5.41) is 0. The second-order valence-electron chi connectivity index (χ2n) is 11.3. The zero-order valence-corrected chi connectivity index (χ0v) is 18.3. The number of allylic oxidation sites excluding steroid dienone is 3. The summed E-state index contributed by atoms with van der Waals surface area (Å²) in [5.41, 5.74) is 5.47. The van der Waals surface area contributed by atoms with E-state index < -0.39 is 0 Å². The summed E-state index contributed by atoms with van der Waals surface area (Å²) in [6.45, 7) is 21.0. The van der Waals surface area contributed by atoms with Crippen LogP contribution in [0, 0.1) is 40.4 Å². The molecule has 0 radical (unpaired) electrons. The minimum atomic E-state index is 0.358. The largest absolute Gasteiger partial charge is 0.100 e. The van der Waals surface area contributed by atoms with Gasteiger partial charge in [0, 0.05) is 0 Å². The Bertz CT molecular complexity index is 638. The molecule has 4 aliphatic carbocycles. The van der Waals surface area contributed by atoms with Crippen molar-refractivity contribution in [3.63, 3.8) is 0 Å². The highest BCUT2D eigenvalue weighted by Crippen LogP contribution is 2.70. The summed E-state index contributed by atoms with van der Waals surface area (Å²) in [6, 6.07) is 0. The highest BCUT2D eigenvalue weighted by molar-refractivity contribution is 5.29. The average molecular weight is 367 g/mol. The molecule has 7 atom stereocenters. The number of hydrogen-bond donors (Lipinski definition) is 0. The lowest BCUT2D eigenvalue weighted by Gasteiger charge is -2.61. The first kappa shape index (κ1) is 19.5. The van der Waals surface area contributed by atoms with Gasteiger partial charge in [-0.25, -0.2) is 0 Å². The Morgan fingerprint density at radius 3 is 2.56 bits per heavy atom. The fourth-order valence-corrected chi connectivity index (χ4v) is 8.29. The third-order valence-electron chi connectivity index (χ3n) is 9.97. The molecule has 0 aromatic heterocycles. The molecule has 0 aromatic carbocycles. The monoisotopic (exact) mass is 366 g/mol. The Hall–Kier alpha value is -0.780. The smallest absolute Gasteiger partial charge is 0.00567 e. The first-order valence-corrected chi connectivity index (χ1v) is 11.8. The van der Waals surface area contributed by atoms with Gasteiger partial charge in [-0.15, -0.1) is 6.58 Å². The summed E-state index contributed by atoms with van der Waals surface area (Å²) < 4.78 is 0. The van der Waals surface area contributed by atoms with Crippen LogP contribution in [0.3, 0.4) is 0 Å². The molecule has 27 heavy (non-hydrogen) atoms. The van der Waals surface area contributed by atoms with Crippen LogP contribution in [-0.4, -0.2) is 0 Å². The van der Waals surface area contributed by atoms with E-state index in [9.17, 15) is 0 Å². The summed E-state index contributed by atoms with van der Waals surface area (Å²) in [4.78, 5) is 0. The Morgan fingerprint density at radius 2 is 1.81 bits per heavy atom. The van der Waals surface area contributed by atoms with E-state index in [1.807, 2.05) is 0 Å². The maximum absolute atomic E-state index is 4.76. The van der Waals surface area contributed by atoms with Crippen LogP contribution >= 0.6 is 0 Å². The Morgan fingerprint density at radius 1 is 1.04 bits per heavy atom. The quantitative estimate of drug-likeness (QED) is 0.441. The van der Waals surface area contributed by atoms with Gasteiger partial charge in [0.2, 0.25) is 0 Å². The van der Waals surface area contributed by atoms with E-state index in [1.165, 1.54) is 76.2 Å². The summed E-state index contributed by atoms with van der Waals surface area (Å²) in [5.74, 6) is 4.13. The van der Waals surface area contributed by atoms with E-state index in [2.05, 4.69) is 27.4 Å². The van der Waals surface area contributed by atoms with Crippen LogP contribution in [0.25, 0.3) is 0 Å². The Kier molecular flexibility index (Phi) is 5.01. The van der Waals surface area contributed by atoms with Crippen molar-refractivity contribution in [2.24, 2.45) is 40.4 Å². The second-order valence-corrected chi connectivity index (χ2v) is 11.3. The predicted octanol–water partition coefficient (Wildman–Crippen LogP) is 8.11. The molecule has 150 valence electrons. The highest BCUT2D eigenvalue weighted by Gasteiger charge is 2.61. The van der Waals surface area contributed by atoms with E-state index >= 15 is 0 Å². The molecule has 0 amide bonds. The number of hydrogen-bond acceptors (Lipinski definition) is 0. The molecule has 0 spiro atoms. The predicted molar refractivity (Wildman–Crippen MR) is 118 cm³/mol. The highest BCUT2D eigenvalue weighted by atomic mass is 14.7. The lowest BCUT2D eigenvalue weighted by atomic mass is 9.43. The normalized spacial score (nSPS) is 46.6. The van der Waals surface area contributed by atoms with Gasteiger partial charge in [0.1, 0.15) is 0 Å². The van der Waals surface area contributed by atoms with Gasteiger partial charge in [0.05, 0.1) is 0 Å². The standard InChI is InChI=1S/C27H42/c1-18(2)10-9-12-21-13-14-23-25-19(3)16-22-11-7-8-15-26(22,5)24(25)17-20(4)27(21,23)6/h21-25H,1,3-4,7-17H2,2,5-6H3. The zero-order valence-electron chi connectivity index (χ0n) is 18.3. The molecule has 0 bridgehead atoms. The molecule has 0 aromatic rings. The summed E-state index contributed by atoms with van der Waals surface area (Å²) in [6.07, 6.45) is 15.1. The van der Waals surface area contributed by atoms with E-state index in [0.717, 1.165) is 29.6 Å². The van der Waals surface area contributed by atoms with Crippen LogP contribution < -0.4 is 0 Å². The van der Waals surface area contributed by atoms with Gasteiger partial charge in [-0.05, 0) is 105 Å². The van der Waals surface area contributed by atoms with Crippen molar-refractivity contribution in [2.45, 2.75) is 91.4 Å². The van der Waals surface area contributed by atoms with Crippen LogP contribution in [0.15, 0.2) is 36.5 Å². The van der Waals surface area contributed by atoms with Crippen LogP contribution in [0.1, 0.15) is 91.4 Å². The zero-order chi connectivity index (χ0) is 19.4. The Balaban J connectivity index is 1.60. The Labute approximate surface area is 168 Å². The van der Waals surface area contributed by atoms with Crippen molar-refractivity contribution < 1.29 is 0 Å². The molecule has 4 saturated carbocycles. The third kappa shape index (κ3) is 2.92. The van der Waals surface area contributed by atoms with Crippen molar-refractivity contribution in [3.05, 3.63) is 36.5 Å². The van der Waals surface area contributed by atoms with Gasteiger partial charge in [0.15, 0.2) is 0 Å². The molecular weight excluding hydrogens is 324 g/mol. The van der Waals surface area contributed by atoms with Gasteiger partial charge >= 0.3 is 0 Å². The number of rotatable bonds is 4. The fourth-order valence-electron chi connectivity index (χ4n) is 8.29. The van der Waals surface area contributed by atoms with Crippen molar-refractivity contribution in [3.8, 4) is 0 Å². The lowest BCUT2D eigenvalue weighted by molar-refractivity contribution is -0.0612. The van der Waals surface area contributed by atoms with Crippen LogP contribution in [0.2, 0.25) is 0 Å². The molecule has 0 nitrogen and oxygen atoms in total. The minimum Gasteiger partial charge on any atom is -0.100 e. The van der Waals surface area contributed by atoms with E-state index in [-0.39, 0.29) is 0 Å². The summed E-state index contributed by atoms with van der Waals surface area (Å²) >= 11 is 0. The van der Waals surface area contributed by atoms with Gasteiger partial charge < -0.3 is 0 Å². The van der Waals surface area contributed by atoms with E-state index in [0.29, 0.717) is 10.8 Å². The minimum absolute atomic E-state index is 0.358. The second kappa shape index (κ2) is 6.93. The third-order valence-corrected chi connectivity index (χ3v) is 9.97. The van der Waals surface area contributed by atoms with Gasteiger partial charge in [-0.3, -0.25) is 0 Å². The van der Waals surface area contributed by atoms with Crippen LogP contribution in [-0.2, 0) is 0 Å². The lowest BCUT2D eigenvalue weighted by Crippen LogP contribution is -2.54. The molecule has 0 heterocycles. The van der Waals surface area contributed by atoms with Crippen molar-refractivity contribution in [1.82, 2.24) is 0 Å². The fraction of sp³-hybridized carbons (Fsp3) is 0.778. The molecule has 4 fully saturated rings. The van der Waals surface area contributed by atoms with Gasteiger partial charge in [-0.2, -0.15) is 0 Å². The first-order valence-electron chi connectivity index (χ1n) is 11.8. The molecular formula is C27H42. The van der Waals surface area contributed by atoms with Crippen molar-refractivity contribution in [1.29, 1.82) is 0 Å². The molecule has 0 aliphatic heterocycles. The van der Waals surface area contributed by atoms with E-state index in [1.54, 1.807) is 11.1 Å². The average Bonchev–Trinajstić information content (AvgIpc) is 2.94. The molecule has 4 rings (SSSR count). The molecule has 7 unspecified atom stereocenters. The number of fused-ring (bicyclic) bond motifs is 5. The maximum Gasteiger partial charge on any atom is -0.00567 e. The molecule has 0 heteroatoms. The first-order chi connectivity index (χ1) is 12.8. The maximum atomic E-state index is 4.76. The van der Waals surface area contributed by atoms with E-state index in [4.69, 9.17) is 13.2 Å². The van der Waals surface area contributed by atoms with Gasteiger partial charge in [0.25, 0.3) is 0 Å². The SMILES string of the molecule is C=C(C)CCCC1CCC2C3C(=C)CC4CCCCC4(C)C3CC(=C)C12C. The topological polar surface area (TPSA) is 0 Å². The molecule has 0 saturated heterocycles. The molecule has 0 N–H and O–H groups in total. The van der Waals surface area contributed by atoms with Crippen LogP contribution in [0.4, 0.5) is 0 Å². The summed E-state index contributed by atoms with van der Waals surface area (Å²) in [7, 11) is 0. The van der Waals surface area contributed by atoms with Gasteiger partial charge in [-0.1, -0.05) is 56.6 Å². The van der Waals surface area contributed by atoms with Crippen LogP contribution in [0.5, 0.6) is 0 Å². The molecule has 4 aliphatic rings.